The van der Waals surface area contributed by atoms with Crippen LogP contribution in [-0.4, -0.2) is 27.4 Å². The van der Waals surface area contributed by atoms with Crippen molar-refractivity contribution in [1.29, 1.82) is 0 Å². The van der Waals surface area contributed by atoms with E-state index in [-0.39, 0.29) is 43.4 Å². The molecule has 1 aromatic rings. The number of hydrogen-bond donors (Lipinski definition) is 1. The number of carboxylic acid groups (broad SMARTS) is 1. The minimum absolute atomic E-state index is 0.0376. The van der Waals surface area contributed by atoms with E-state index < -0.39 is 18.1 Å². The summed E-state index contributed by atoms with van der Waals surface area (Å²) in [5, 5.41) is 16.0. The Hall–Kier alpha value is -1.60. The van der Waals surface area contributed by atoms with Gasteiger partial charge in [0.25, 0.3) is 0 Å². The van der Waals surface area contributed by atoms with Gasteiger partial charge in [0, 0.05) is 12.3 Å². The van der Waals surface area contributed by atoms with Gasteiger partial charge in [0.2, 0.25) is 11.8 Å². The second kappa shape index (κ2) is 5.80. The van der Waals surface area contributed by atoms with Gasteiger partial charge in [-0.15, -0.1) is 10.2 Å². The number of hydrogen-bond acceptors (Lipinski definition) is 4. The van der Waals surface area contributed by atoms with Crippen LogP contribution in [0.15, 0.2) is 4.42 Å². The van der Waals surface area contributed by atoms with Crippen molar-refractivity contribution in [3.63, 3.8) is 0 Å². The van der Waals surface area contributed by atoms with Crippen LogP contribution in [0.2, 0.25) is 0 Å². The number of aliphatic carboxylic acids is 1. The molecule has 5 nitrogen and oxygen atoms in total. The lowest BCUT2D eigenvalue weighted by Crippen LogP contribution is -2.28. The fraction of sp³-hybridized carbons (Fsp3) is 0.750. The third-order valence-electron chi connectivity index (χ3n) is 3.52. The first-order chi connectivity index (χ1) is 9.36. The molecule has 2 unspecified atom stereocenters. The number of aromatic nitrogens is 2. The van der Waals surface area contributed by atoms with Gasteiger partial charge in [0.1, 0.15) is 0 Å². The van der Waals surface area contributed by atoms with Crippen molar-refractivity contribution in [3.05, 3.63) is 11.8 Å². The van der Waals surface area contributed by atoms with Crippen molar-refractivity contribution >= 4 is 5.97 Å². The Bertz CT molecular complexity index is 473. The fourth-order valence-electron chi connectivity index (χ4n) is 2.46. The van der Waals surface area contributed by atoms with Gasteiger partial charge < -0.3 is 9.52 Å². The molecule has 1 aliphatic carbocycles. The van der Waals surface area contributed by atoms with Crippen LogP contribution < -0.4 is 0 Å². The van der Waals surface area contributed by atoms with Crippen molar-refractivity contribution in [3.8, 4) is 0 Å². The quantitative estimate of drug-likeness (QED) is 0.923. The molecule has 0 bridgehead atoms. The number of carbonyl (C=O) groups is 1. The molecule has 1 saturated carbocycles. The second-order valence-electron chi connectivity index (χ2n) is 5.03. The Labute approximate surface area is 113 Å². The molecule has 0 aromatic carbocycles. The van der Waals surface area contributed by atoms with Gasteiger partial charge >= 0.3 is 12.1 Å². The standard InChI is InChI=1S/C12H15F3N2O3/c13-12(14,15)8-3-1-2-7(6-8)11-17-16-9(20-11)4-5-10(18)19/h7-8H,1-6H2,(H,18,19). The highest BCUT2D eigenvalue weighted by atomic mass is 19.4. The van der Waals surface area contributed by atoms with E-state index in [2.05, 4.69) is 10.2 Å². The largest absolute Gasteiger partial charge is 0.481 e. The predicted octanol–water partition coefficient (Wildman–Crippen LogP) is 2.92. The van der Waals surface area contributed by atoms with E-state index in [9.17, 15) is 18.0 Å². The molecule has 0 amide bonds. The Balaban J connectivity index is 1.99. The SMILES string of the molecule is O=C(O)CCc1nnc(C2CCCC(C(F)(F)F)C2)o1. The molecule has 0 saturated heterocycles. The zero-order chi connectivity index (χ0) is 14.8. The van der Waals surface area contributed by atoms with Gasteiger partial charge in [0.15, 0.2) is 0 Å². The number of nitrogens with zero attached hydrogens (tertiary/aromatic N) is 2. The minimum atomic E-state index is -4.19. The van der Waals surface area contributed by atoms with Crippen molar-refractivity contribution < 1.29 is 27.5 Å². The second-order valence-corrected chi connectivity index (χ2v) is 5.03. The first kappa shape index (κ1) is 14.8. The normalized spacial score (nSPS) is 23.8. The van der Waals surface area contributed by atoms with E-state index in [1.807, 2.05) is 0 Å². The van der Waals surface area contributed by atoms with E-state index in [0.29, 0.717) is 12.8 Å². The van der Waals surface area contributed by atoms with Crippen LogP contribution in [0.5, 0.6) is 0 Å². The monoisotopic (exact) mass is 292 g/mol. The molecule has 0 radical (unpaired) electrons. The average molecular weight is 292 g/mol. The van der Waals surface area contributed by atoms with Crippen molar-refractivity contribution in [2.24, 2.45) is 5.92 Å². The first-order valence-corrected chi connectivity index (χ1v) is 6.47. The number of carboxylic acids is 1. The third-order valence-corrected chi connectivity index (χ3v) is 3.52. The molecule has 1 aliphatic rings. The highest BCUT2D eigenvalue weighted by molar-refractivity contribution is 5.66. The van der Waals surface area contributed by atoms with Crippen LogP contribution in [0.4, 0.5) is 13.2 Å². The molecule has 1 aromatic heterocycles. The smallest absolute Gasteiger partial charge is 0.391 e. The summed E-state index contributed by atoms with van der Waals surface area (Å²) >= 11 is 0. The lowest BCUT2D eigenvalue weighted by atomic mass is 9.81. The van der Waals surface area contributed by atoms with Crippen LogP contribution in [0.1, 0.15) is 49.8 Å². The van der Waals surface area contributed by atoms with Gasteiger partial charge in [-0.05, 0) is 19.3 Å². The lowest BCUT2D eigenvalue weighted by Gasteiger charge is -2.28. The zero-order valence-corrected chi connectivity index (χ0v) is 10.7. The van der Waals surface area contributed by atoms with Crippen molar-refractivity contribution in [2.75, 3.05) is 0 Å². The van der Waals surface area contributed by atoms with Gasteiger partial charge in [0.05, 0.1) is 12.3 Å². The molecule has 20 heavy (non-hydrogen) atoms. The lowest BCUT2D eigenvalue weighted by molar-refractivity contribution is -0.183. The molecule has 1 fully saturated rings. The Morgan fingerprint density at radius 2 is 2.10 bits per heavy atom. The molecular formula is C12H15F3N2O3. The van der Waals surface area contributed by atoms with E-state index in [4.69, 9.17) is 9.52 Å². The number of halogens is 3. The summed E-state index contributed by atoms with van der Waals surface area (Å²) in [6, 6.07) is 0. The molecule has 2 rings (SSSR count). The van der Waals surface area contributed by atoms with Gasteiger partial charge in [-0.3, -0.25) is 4.79 Å². The minimum Gasteiger partial charge on any atom is -0.481 e. The molecule has 0 spiro atoms. The third kappa shape index (κ3) is 3.71. The average Bonchev–Trinajstić information content (AvgIpc) is 2.84. The van der Waals surface area contributed by atoms with Crippen LogP contribution in [0, 0.1) is 5.92 Å². The van der Waals surface area contributed by atoms with E-state index in [0.717, 1.165) is 0 Å². The Morgan fingerprint density at radius 1 is 1.35 bits per heavy atom. The maximum Gasteiger partial charge on any atom is 0.391 e. The highest BCUT2D eigenvalue weighted by Crippen LogP contribution is 2.43. The van der Waals surface area contributed by atoms with E-state index in [1.54, 1.807) is 0 Å². The summed E-state index contributed by atoms with van der Waals surface area (Å²) in [4.78, 5) is 10.4. The van der Waals surface area contributed by atoms with E-state index >= 15 is 0 Å². The summed E-state index contributed by atoms with van der Waals surface area (Å²) in [5.74, 6) is -2.34. The zero-order valence-electron chi connectivity index (χ0n) is 10.7. The predicted molar refractivity (Wildman–Crippen MR) is 61.0 cm³/mol. The number of rotatable bonds is 4. The van der Waals surface area contributed by atoms with Crippen LogP contribution in [0.25, 0.3) is 0 Å². The van der Waals surface area contributed by atoms with Crippen molar-refractivity contribution in [1.82, 2.24) is 10.2 Å². The maximum atomic E-state index is 12.7. The highest BCUT2D eigenvalue weighted by Gasteiger charge is 2.43. The summed E-state index contributed by atoms with van der Waals surface area (Å²) in [6.45, 7) is 0. The molecule has 8 heteroatoms. The van der Waals surface area contributed by atoms with Crippen LogP contribution >= 0.6 is 0 Å². The molecular weight excluding hydrogens is 277 g/mol. The molecule has 1 N–H and O–H groups in total. The molecule has 112 valence electrons. The van der Waals surface area contributed by atoms with Crippen LogP contribution in [0.3, 0.4) is 0 Å². The Morgan fingerprint density at radius 3 is 2.75 bits per heavy atom. The summed E-state index contributed by atoms with van der Waals surface area (Å²) in [7, 11) is 0. The summed E-state index contributed by atoms with van der Waals surface area (Å²) in [5.41, 5.74) is 0. The first-order valence-electron chi connectivity index (χ1n) is 6.47. The maximum absolute atomic E-state index is 12.7. The molecule has 1 heterocycles. The number of aryl methyl sites for hydroxylation is 1. The van der Waals surface area contributed by atoms with Crippen molar-refractivity contribution in [2.45, 2.75) is 50.6 Å². The topological polar surface area (TPSA) is 76.2 Å². The van der Waals surface area contributed by atoms with Gasteiger partial charge in [-0.1, -0.05) is 6.42 Å². The van der Waals surface area contributed by atoms with Gasteiger partial charge in [-0.25, -0.2) is 0 Å². The molecule has 2 atom stereocenters. The molecule has 0 aliphatic heterocycles. The van der Waals surface area contributed by atoms with Gasteiger partial charge in [-0.2, -0.15) is 13.2 Å². The van der Waals surface area contributed by atoms with E-state index in [1.165, 1.54) is 0 Å². The summed E-state index contributed by atoms with van der Waals surface area (Å²) in [6.07, 6.45) is -3.07. The Kier molecular flexibility index (Phi) is 4.29. The summed E-state index contributed by atoms with van der Waals surface area (Å²) < 4.78 is 43.4. The fourth-order valence-corrected chi connectivity index (χ4v) is 2.46. The number of alkyl halides is 3. The van der Waals surface area contributed by atoms with Crippen LogP contribution in [-0.2, 0) is 11.2 Å².